The second-order valence-electron chi connectivity index (χ2n) is 6.39. The molecule has 0 aromatic heterocycles. The summed E-state index contributed by atoms with van der Waals surface area (Å²) in [5, 5.41) is 3.16. The quantitative estimate of drug-likeness (QED) is 0.657. The number of carbonyl (C=O) groups excluding carboxylic acids is 1. The van der Waals surface area contributed by atoms with E-state index in [1.165, 1.54) is 19.3 Å². The van der Waals surface area contributed by atoms with Crippen LogP contribution in [0.3, 0.4) is 0 Å². The van der Waals surface area contributed by atoms with Crippen molar-refractivity contribution < 1.29 is 4.79 Å². The Morgan fingerprint density at radius 1 is 0.917 bits per heavy atom. The lowest BCUT2D eigenvalue weighted by atomic mass is 9.95. The van der Waals surface area contributed by atoms with Gasteiger partial charge < -0.3 is 11.1 Å². The van der Waals surface area contributed by atoms with E-state index in [1.807, 2.05) is 54.6 Å². The minimum Gasteiger partial charge on any atom is -0.399 e. The minimum atomic E-state index is -0.0161. The van der Waals surface area contributed by atoms with Crippen molar-refractivity contribution in [1.29, 1.82) is 0 Å². The van der Waals surface area contributed by atoms with Gasteiger partial charge in [-0.15, -0.1) is 0 Å². The lowest BCUT2D eigenvalue weighted by Crippen LogP contribution is -2.35. The first-order chi connectivity index (χ1) is 11.7. The number of amides is 1. The zero-order valence-corrected chi connectivity index (χ0v) is 13.9. The maximum atomic E-state index is 12.5. The van der Waals surface area contributed by atoms with E-state index in [2.05, 4.69) is 5.32 Å². The topological polar surface area (TPSA) is 55.1 Å². The van der Waals surface area contributed by atoms with Gasteiger partial charge in [-0.1, -0.05) is 61.7 Å². The monoisotopic (exact) mass is 320 g/mol. The van der Waals surface area contributed by atoms with Crippen LogP contribution in [0.25, 0.3) is 5.57 Å². The third kappa shape index (κ3) is 4.25. The summed E-state index contributed by atoms with van der Waals surface area (Å²) in [4.78, 5) is 12.5. The molecule has 24 heavy (non-hydrogen) atoms. The van der Waals surface area contributed by atoms with E-state index >= 15 is 0 Å². The zero-order valence-electron chi connectivity index (χ0n) is 13.9. The fourth-order valence-corrected chi connectivity index (χ4v) is 3.23. The highest BCUT2D eigenvalue weighted by Gasteiger charge is 2.15. The van der Waals surface area contributed by atoms with Crippen LogP contribution in [0.2, 0.25) is 0 Å². The van der Waals surface area contributed by atoms with Gasteiger partial charge in [0.2, 0.25) is 5.91 Å². The van der Waals surface area contributed by atoms with Gasteiger partial charge in [0.15, 0.2) is 0 Å². The predicted octanol–water partition coefficient (Wildman–Crippen LogP) is 4.15. The molecule has 1 aliphatic rings. The highest BCUT2D eigenvalue weighted by atomic mass is 16.1. The Morgan fingerprint density at radius 3 is 2.21 bits per heavy atom. The molecule has 0 unspecified atom stereocenters. The zero-order chi connectivity index (χ0) is 16.8. The van der Waals surface area contributed by atoms with Gasteiger partial charge in [-0.05, 0) is 41.7 Å². The molecule has 2 aromatic carbocycles. The van der Waals surface area contributed by atoms with E-state index in [-0.39, 0.29) is 5.91 Å². The molecule has 1 saturated carbocycles. The summed E-state index contributed by atoms with van der Waals surface area (Å²) in [5.74, 6) is -0.0161. The fraction of sp³-hybridized carbons (Fsp3) is 0.286. The van der Waals surface area contributed by atoms with Crippen LogP contribution in [0.4, 0.5) is 5.69 Å². The van der Waals surface area contributed by atoms with Gasteiger partial charge in [-0.3, -0.25) is 4.79 Å². The van der Waals surface area contributed by atoms with E-state index < -0.39 is 0 Å². The van der Waals surface area contributed by atoms with Crippen molar-refractivity contribution in [2.75, 3.05) is 5.73 Å². The van der Waals surface area contributed by atoms with E-state index in [9.17, 15) is 4.79 Å². The van der Waals surface area contributed by atoms with Crippen molar-refractivity contribution in [3.05, 3.63) is 71.8 Å². The Hall–Kier alpha value is -2.55. The van der Waals surface area contributed by atoms with Crippen molar-refractivity contribution in [1.82, 2.24) is 5.32 Å². The van der Waals surface area contributed by atoms with Crippen molar-refractivity contribution >= 4 is 17.2 Å². The van der Waals surface area contributed by atoms with Crippen LogP contribution < -0.4 is 11.1 Å². The van der Waals surface area contributed by atoms with Gasteiger partial charge in [-0.25, -0.2) is 0 Å². The number of hydrogen-bond donors (Lipinski definition) is 2. The van der Waals surface area contributed by atoms with E-state index in [4.69, 9.17) is 5.73 Å². The maximum absolute atomic E-state index is 12.5. The Kier molecular flexibility index (Phi) is 5.32. The van der Waals surface area contributed by atoms with Gasteiger partial charge in [0.1, 0.15) is 0 Å². The van der Waals surface area contributed by atoms with Gasteiger partial charge in [-0.2, -0.15) is 0 Å². The summed E-state index contributed by atoms with van der Waals surface area (Å²) < 4.78 is 0. The summed E-state index contributed by atoms with van der Waals surface area (Å²) in [6.45, 7) is 0. The molecule has 3 heteroatoms. The molecule has 0 aliphatic heterocycles. The van der Waals surface area contributed by atoms with Crippen molar-refractivity contribution in [3.63, 3.8) is 0 Å². The number of nitrogens with one attached hydrogen (secondary N) is 1. The first kappa shape index (κ1) is 16.3. The van der Waals surface area contributed by atoms with E-state index in [1.54, 1.807) is 6.08 Å². The molecule has 0 bridgehead atoms. The van der Waals surface area contributed by atoms with Gasteiger partial charge >= 0.3 is 0 Å². The van der Waals surface area contributed by atoms with Gasteiger partial charge in [0, 0.05) is 17.8 Å². The Bertz CT molecular complexity index is 698. The number of rotatable bonds is 4. The molecule has 1 fully saturated rings. The lowest BCUT2D eigenvalue weighted by Gasteiger charge is -2.22. The summed E-state index contributed by atoms with van der Waals surface area (Å²) in [6, 6.07) is 18.0. The Morgan fingerprint density at radius 2 is 1.54 bits per heavy atom. The van der Waals surface area contributed by atoms with Crippen LogP contribution in [0.5, 0.6) is 0 Å². The number of benzene rings is 2. The standard InChI is InChI=1S/C21H24N2O/c22-18-13-11-17(12-14-18)20(16-7-3-1-4-8-16)15-21(24)23-19-9-5-2-6-10-19/h1,3-4,7-8,11-15,19H,2,5-6,9-10,22H2,(H,23,24)/b20-15-. The third-order valence-corrected chi connectivity index (χ3v) is 4.53. The second-order valence-corrected chi connectivity index (χ2v) is 6.39. The molecule has 0 atom stereocenters. The molecular weight excluding hydrogens is 296 g/mol. The smallest absolute Gasteiger partial charge is 0.244 e. The molecule has 0 spiro atoms. The van der Waals surface area contributed by atoms with E-state index in [0.717, 1.165) is 35.2 Å². The van der Waals surface area contributed by atoms with Crippen LogP contribution in [0, 0.1) is 0 Å². The normalized spacial score (nSPS) is 15.9. The highest BCUT2D eigenvalue weighted by molar-refractivity contribution is 5.99. The fourth-order valence-electron chi connectivity index (χ4n) is 3.23. The maximum Gasteiger partial charge on any atom is 0.244 e. The summed E-state index contributed by atoms with van der Waals surface area (Å²) >= 11 is 0. The van der Waals surface area contributed by atoms with Crippen LogP contribution in [0.1, 0.15) is 43.2 Å². The molecule has 2 aromatic rings. The first-order valence-corrected chi connectivity index (χ1v) is 8.66. The summed E-state index contributed by atoms with van der Waals surface area (Å²) in [6.07, 6.45) is 7.58. The number of anilines is 1. The third-order valence-electron chi connectivity index (χ3n) is 4.53. The minimum absolute atomic E-state index is 0.0161. The van der Waals surface area contributed by atoms with Gasteiger partial charge in [0.25, 0.3) is 0 Å². The van der Waals surface area contributed by atoms with Crippen LogP contribution in [-0.2, 0) is 4.79 Å². The number of nitrogens with two attached hydrogens (primary N) is 1. The first-order valence-electron chi connectivity index (χ1n) is 8.66. The molecule has 1 amide bonds. The largest absolute Gasteiger partial charge is 0.399 e. The molecular formula is C21H24N2O. The molecule has 3 nitrogen and oxygen atoms in total. The van der Waals surface area contributed by atoms with Crippen LogP contribution in [-0.4, -0.2) is 11.9 Å². The predicted molar refractivity (Wildman–Crippen MR) is 99.4 cm³/mol. The number of nitrogen functional groups attached to an aromatic ring is 1. The summed E-state index contributed by atoms with van der Waals surface area (Å²) in [7, 11) is 0. The SMILES string of the molecule is Nc1ccc(/C(=C\C(=O)NC2CCCCC2)c2ccccc2)cc1. The van der Waals surface area contributed by atoms with Gasteiger partial charge in [0.05, 0.1) is 0 Å². The van der Waals surface area contributed by atoms with Crippen molar-refractivity contribution in [2.45, 2.75) is 38.1 Å². The molecule has 0 radical (unpaired) electrons. The van der Waals surface area contributed by atoms with Crippen LogP contribution in [0.15, 0.2) is 60.7 Å². The summed E-state index contributed by atoms with van der Waals surface area (Å²) in [5.41, 5.74) is 9.46. The Balaban J connectivity index is 1.86. The molecule has 0 saturated heterocycles. The number of hydrogen-bond acceptors (Lipinski definition) is 2. The average Bonchev–Trinajstić information content (AvgIpc) is 2.62. The van der Waals surface area contributed by atoms with Crippen molar-refractivity contribution in [3.8, 4) is 0 Å². The number of carbonyl (C=O) groups is 1. The highest BCUT2D eigenvalue weighted by Crippen LogP contribution is 2.24. The molecule has 124 valence electrons. The van der Waals surface area contributed by atoms with Crippen molar-refractivity contribution in [2.24, 2.45) is 0 Å². The Labute approximate surface area is 143 Å². The molecule has 3 rings (SSSR count). The lowest BCUT2D eigenvalue weighted by molar-refractivity contribution is -0.117. The molecule has 1 aliphatic carbocycles. The molecule has 3 N–H and O–H groups in total. The molecule has 0 heterocycles. The average molecular weight is 320 g/mol. The van der Waals surface area contributed by atoms with Crippen LogP contribution >= 0.6 is 0 Å². The van der Waals surface area contributed by atoms with E-state index in [0.29, 0.717) is 6.04 Å². The second kappa shape index (κ2) is 7.82.